The van der Waals surface area contributed by atoms with Gasteiger partial charge >= 0.3 is 0 Å². The SMILES string of the molecule is CCC1(C)NC(C)N(CCOC2CCCC2)C1=O. The fraction of sp³-hybridized carbons (Fsp3) is 0.929. The van der Waals surface area contributed by atoms with Crippen LogP contribution in [0.1, 0.15) is 52.9 Å². The van der Waals surface area contributed by atoms with Crippen LogP contribution >= 0.6 is 0 Å². The molecule has 1 aliphatic heterocycles. The minimum Gasteiger partial charge on any atom is -0.376 e. The van der Waals surface area contributed by atoms with Crippen LogP contribution in [0.4, 0.5) is 0 Å². The number of carbonyl (C=O) groups excluding carboxylic acids is 1. The summed E-state index contributed by atoms with van der Waals surface area (Å²) >= 11 is 0. The molecule has 0 spiro atoms. The molecule has 0 bridgehead atoms. The van der Waals surface area contributed by atoms with E-state index in [9.17, 15) is 4.79 Å². The summed E-state index contributed by atoms with van der Waals surface area (Å²) in [6.45, 7) is 7.47. The van der Waals surface area contributed by atoms with Crippen molar-refractivity contribution in [1.29, 1.82) is 0 Å². The third-order valence-corrected chi connectivity index (χ3v) is 4.42. The maximum absolute atomic E-state index is 12.3. The monoisotopic (exact) mass is 254 g/mol. The van der Waals surface area contributed by atoms with Crippen LogP contribution in [0.2, 0.25) is 0 Å². The molecule has 1 saturated carbocycles. The molecule has 1 amide bonds. The molecule has 2 aliphatic rings. The molecule has 0 aromatic heterocycles. The first-order valence-corrected chi connectivity index (χ1v) is 7.27. The van der Waals surface area contributed by atoms with Gasteiger partial charge in [0.25, 0.3) is 0 Å². The van der Waals surface area contributed by atoms with Crippen LogP contribution in [0.3, 0.4) is 0 Å². The first kappa shape index (κ1) is 13.8. The number of hydrogen-bond acceptors (Lipinski definition) is 3. The predicted octanol–water partition coefficient (Wildman–Crippen LogP) is 1.89. The van der Waals surface area contributed by atoms with E-state index >= 15 is 0 Å². The topological polar surface area (TPSA) is 41.6 Å². The van der Waals surface area contributed by atoms with Crippen molar-refractivity contribution in [2.75, 3.05) is 13.2 Å². The highest BCUT2D eigenvalue weighted by atomic mass is 16.5. The molecular weight excluding hydrogens is 228 g/mol. The Morgan fingerprint density at radius 3 is 2.67 bits per heavy atom. The molecule has 2 rings (SSSR count). The number of nitrogens with one attached hydrogen (secondary N) is 1. The van der Waals surface area contributed by atoms with E-state index in [1.807, 2.05) is 18.7 Å². The van der Waals surface area contributed by atoms with Gasteiger partial charge < -0.3 is 9.64 Å². The Hall–Kier alpha value is -0.610. The van der Waals surface area contributed by atoms with Gasteiger partial charge in [0.2, 0.25) is 5.91 Å². The van der Waals surface area contributed by atoms with E-state index in [4.69, 9.17) is 4.74 Å². The molecular formula is C14H26N2O2. The molecule has 1 saturated heterocycles. The van der Waals surface area contributed by atoms with Crippen LogP contribution in [0.25, 0.3) is 0 Å². The number of hydrogen-bond donors (Lipinski definition) is 1. The zero-order valence-electron chi connectivity index (χ0n) is 11.9. The van der Waals surface area contributed by atoms with E-state index in [1.54, 1.807) is 0 Å². The average Bonchev–Trinajstić information content (AvgIpc) is 2.92. The third kappa shape index (κ3) is 2.69. The largest absolute Gasteiger partial charge is 0.376 e. The van der Waals surface area contributed by atoms with Crippen molar-refractivity contribution in [3.8, 4) is 0 Å². The molecule has 4 heteroatoms. The minimum atomic E-state index is -0.382. The molecule has 1 aliphatic carbocycles. The molecule has 104 valence electrons. The highest BCUT2D eigenvalue weighted by Gasteiger charge is 2.44. The van der Waals surface area contributed by atoms with Gasteiger partial charge in [-0.3, -0.25) is 10.1 Å². The number of ether oxygens (including phenoxy) is 1. The quantitative estimate of drug-likeness (QED) is 0.814. The van der Waals surface area contributed by atoms with Crippen LogP contribution < -0.4 is 5.32 Å². The Labute approximate surface area is 110 Å². The molecule has 2 fully saturated rings. The van der Waals surface area contributed by atoms with Crippen molar-refractivity contribution in [1.82, 2.24) is 10.2 Å². The maximum atomic E-state index is 12.3. The van der Waals surface area contributed by atoms with Gasteiger partial charge in [0.05, 0.1) is 24.4 Å². The molecule has 1 heterocycles. The number of carbonyl (C=O) groups is 1. The number of amides is 1. The van der Waals surface area contributed by atoms with E-state index in [0.717, 1.165) is 6.42 Å². The summed E-state index contributed by atoms with van der Waals surface area (Å²) < 4.78 is 5.84. The molecule has 4 nitrogen and oxygen atoms in total. The van der Waals surface area contributed by atoms with Gasteiger partial charge in [-0.25, -0.2) is 0 Å². The van der Waals surface area contributed by atoms with Crippen molar-refractivity contribution in [3.63, 3.8) is 0 Å². The number of nitrogens with zero attached hydrogens (tertiary/aromatic N) is 1. The van der Waals surface area contributed by atoms with Gasteiger partial charge in [-0.05, 0) is 33.1 Å². The molecule has 1 N–H and O–H groups in total. The first-order chi connectivity index (χ1) is 8.57. The highest BCUT2D eigenvalue weighted by molar-refractivity contribution is 5.88. The predicted molar refractivity (Wildman–Crippen MR) is 71.2 cm³/mol. The van der Waals surface area contributed by atoms with Crippen molar-refractivity contribution in [2.24, 2.45) is 0 Å². The van der Waals surface area contributed by atoms with Crippen LogP contribution in [0.5, 0.6) is 0 Å². The second-order valence-corrected chi connectivity index (χ2v) is 5.78. The van der Waals surface area contributed by atoms with E-state index < -0.39 is 0 Å². The average molecular weight is 254 g/mol. The summed E-state index contributed by atoms with van der Waals surface area (Å²) in [6.07, 6.45) is 6.34. The Bertz CT molecular complexity index is 302. The molecule has 0 aromatic rings. The van der Waals surface area contributed by atoms with Crippen LogP contribution in [0, 0.1) is 0 Å². The van der Waals surface area contributed by atoms with Crippen molar-refractivity contribution in [3.05, 3.63) is 0 Å². The lowest BCUT2D eigenvalue weighted by Gasteiger charge is -2.22. The standard InChI is InChI=1S/C14H26N2O2/c1-4-14(3)13(17)16(11(2)15-14)9-10-18-12-7-5-6-8-12/h11-12,15H,4-10H2,1-3H3. The molecule has 2 atom stereocenters. The summed E-state index contributed by atoms with van der Waals surface area (Å²) in [7, 11) is 0. The van der Waals surface area contributed by atoms with Crippen molar-refractivity contribution < 1.29 is 9.53 Å². The van der Waals surface area contributed by atoms with Crippen molar-refractivity contribution in [2.45, 2.75) is 70.7 Å². The van der Waals surface area contributed by atoms with Crippen LogP contribution in [0.15, 0.2) is 0 Å². The normalized spacial score (nSPS) is 33.6. The zero-order chi connectivity index (χ0) is 13.2. The summed E-state index contributed by atoms with van der Waals surface area (Å²) in [6, 6.07) is 0. The van der Waals surface area contributed by atoms with E-state index in [2.05, 4.69) is 12.2 Å². The third-order valence-electron chi connectivity index (χ3n) is 4.42. The van der Waals surface area contributed by atoms with Gasteiger partial charge in [0.15, 0.2) is 0 Å². The van der Waals surface area contributed by atoms with Gasteiger partial charge in [0, 0.05) is 6.54 Å². The smallest absolute Gasteiger partial charge is 0.243 e. The van der Waals surface area contributed by atoms with E-state index in [0.29, 0.717) is 19.3 Å². The second kappa shape index (κ2) is 5.57. The fourth-order valence-corrected chi connectivity index (χ4v) is 3.01. The van der Waals surface area contributed by atoms with Gasteiger partial charge in [0.1, 0.15) is 0 Å². The summed E-state index contributed by atoms with van der Waals surface area (Å²) in [5.74, 6) is 0.215. The van der Waals surface area contributed by atoms with E-state index in [1.165, 1.54) is 25.7 Å². The summed E-state index contributed by atoms with van der Waals surface area (Å²) in [4.78, 5) is 14.2. The van der Waals surface area contributed by atoms with Gasteiger partial charge in [-0.2, -0.15) is 0 Å². The minimum absolute atomic E-state index is 0.120. The second-order valence-electron chi connectivity index (χ2n) is 5.78. The lowest BCUT2D eigenvalue weighted by Crippen LogP contribution is -2.43. The Morgan fingerprint density at radius 1 is 1.44 bits per heavy atom. The Kier molecular flexibility index (Phi) is 4.28. The van der Waals surface area contributed by atoms with E-state index in [-0.39, 0.29) is 17.6 Å². The molecule has 0 radical (unpaired) electrons. The fourth-order valence-electron chi connectivity index (χ4n) is 3.01. The highest BCUT2D eigenvalue weighted by Crippen LogP contribution is 2.24. The molecule has 2 unspecified atom stereocenters. The lowest BCUT2D eigenvalue weighted by molar-refractivity contribution is -0.133. The van der Waals surface area contributed by atoms with Crippen molar-refractivity contribution >= 4 is 5.91 Å². The van der Waals surface area contributed by atoms with Crippen LogP contribution in [-0.2, 0) is 9.53 Å². The summed E-state index contributed by atoms with van der Waals surface area (Å²) in [5.41, 5.74) is -0.382. The summed E-state index contributed by atoms with van der Waals surface area (Å²) in [5, 5.41) is 3.38. The number of rotatable bonds is 5. The van der Waals surface area contributed by atoms with Crippen LogP contribution in [-0.4, -0.2) is 41.8 Å². The first-order valence-electron chi connectivity index (χ1n) is 7.27. The Morgan fingerprint density at radius 2 is 2.11 bits per heavy atom. The van der Waals surface area contributed by atoms with Gasteiger partial charge in [-0.1, -0.05) is 19.8 Å². The zero-order valence-corrected chi connectivity index (χ0v) is 11.9. The molecule has 0 aromatic carbocycles. The maximum Gasteiger partial charge on any atom is 0.243 e. The molecule has 18 heavy (non-hydrogen) atoms. The Balaban J connectivity index is 1.80. The lowest BCUT2D eigenvalue weighted by atomic mass is 9.99. The van der Waals surface area contributed by atoms with Gasteiger partial charge in [-0.15, -0.1) is 0 Å².